The molecule has 0 aromatic heterocycles. The molecule has 3 amide bonds. The molecule has 0 spiro atoms. The third-order valence-corrected chi connectivity index (χ3v) is 5.31. The molecule has 2 aliphatic heterocycles. The third kappa shape index (κ3) is 4.86. The van der Waals surface area contributed by atoms with Crippen molar-refractivity contribution in [2.24, 2.45) is 11.7 Å². The number of amides is 3. The van der Waals surface area contributed by atoms with Crippen molar-refractivity contribution in [3.63, 3.8) is 0 Å². The quantitative estimate of drug-likeness (QED) is 0.719. The van der Waals surface area contributed by atoms with E-state index in [9.17, 15) is 9.59 Å². The number of methoxy groups -OCH3 is 1. The van der Waals surface area contributed by atoms with E-state index in [0.717, 1.165) is 44.6 Å². The molecule has 1 saturated heterocycles. The molecule has 0 bridgehead atoms. The Morgan fingerprint density at radius 1 is 1.36 bits per heavy atom. The second-order valence-corrected chi connectivity index (χ2v) is 7.50. The molecule has 0 radical (unpaired) electrons. The molecule has 1 aromatic rings. The van der Waals surface area contributed by atoms with Crippen LogP contribution in [-0.4, -0.2) is 62.8 Å². The lowest BCUT2D eigenvalue weighted by molar-refractivity contribution is -0.123. The number of rotatable bonds is 6. The molecule has 0 unspecified atom stereocenters. The summed E-state index contributed by atoms with van der Waals surface area (Å²) in [5.74, 6) is 1.10. The van der Waals surface area contributed by atoms with Crippen molar-refractivity contribution in [1.82, 2.24) is 10.2 Å². The van der Waals surface area contributed by atoms with Crippen LogP contribution in [0.25, 0.3) is 0 Å². The Bertz CT molecular complexity index is 711. The fourth-order valence-electron chi connectivity index (χ4n) is 3.82. The summed E-state index contributed by atoms with van der Waals surface area (Å²) in [5, 5.41) is 3.00. The number of nitrogens with two attached hydrogens (primary N) is 1. The van der Waals surface area contributed by atoms with Crippen molar-refractivity contribution in [3.8, 4) is 11.5 Å². The lowest BCUT2D eigenvalue weighted by atomic mass is 9.97. The molecule has 0 aliphatic carbocycles. The van der Waals surface area contributed by atoms with Crippen LogP contribution in [0.1, 0.15) is 26.2 Å². The molecular weight excluding hydrogens is 360 g/mol. The van der Waals surface area contributed by atoms with Gasteiger partial charge in [-0.05, 0) is 51.4 Å². The SMILES string of the molecule is COc1ccc2c(c1)N(C(=O)NCCCN1CCC[C@@H](C(N)=O)C1)C[C@@H](C)O2. The van der Waals surface area contributed by atoms with Crippen LogP contribution in [0.4, 0.5) is 10.5 Å². The smallest absolute Gasteiger partial charge is 0.322 e. The average Bonchev–Trinajstić information content (AvgIpc) is 2.70. The molecule has 154 valence electrons. The fourth-order valence-corrected chi connectivity index (χ4v) is 3.82. The van der Waals surface area contributed by atoms with Crippen LogP contribution in [0.3, 0.4) is 0 Å². The number of anilines is 1. The van der Waals surface area contributed by atoms with Gasteiger partial charge in [0, 0.05) is 19.2 Å². The summed E-state index contributed by atoms with van der Waals surface area (Å²) in [5.41, 5.74) is 6.15. The maximum Gasteiger partial charge on any atom is 0.322 e. The number of carbonyl (C=O) groups is 2. The molecule has 2 aliphatic rings. The standard InChI is InChI=1S/C20H30N4O4/c1-14-12-24(17-11-16(27-2)6-7-18(17)28-14)20(26)22-8-4-10-23-9-3-5-15(13-23)19(21)25/h6-7,11,14-15H,3-5,8-10,12-13H2,1-2H3,(H2,21,25)(H,22,26)/t14-,15-/m1/s1. The zero-order chi connectivity index (χ0) is 20.1. The maximum absolute atomic E-state index is 12.7. The summed E-state index contributed by atoms with van der Waals surface area (Å²) in [7, 11) is 1.60. The molecule has 2 atom stereocenters. The molecule has 0 saturated carbocycles. The van der Waals surface area contributed by atoms with E-state index >= 15 is 0 Å². The van der Waals surface area contributed by atoms with E-state index in [2.05, 4.69) is 10.2 Å². The molecule has 1 fully saturated rings. The van der Waals surface area contributed by atoms with Gasteiger partial charge in [0.15, 0.2) is 0 Å². The molecule has 3 rings (SSSR count). The number of primary amides is 1. The summed E-state index contributed by atoms with van der Waals surface area (Å²) in [6.45, 7) is 5.54. The van der Waals surface area contributed by atoms with Crippen molar-refractivity contribution < 1.29 is 19.1 Å². The second kappa shape index (κ2) is 9.14. The first-order valence-electron chi connectivity index (χ1n) is 9.89. The van der Waals surface area contributed by atoms with Crippen molar-refractivity contribution >= 4 is 17.6 Å². The van der Waals surface area contributed by atoms with Gasteiger partial charge in [0.1, 0.15) is 17.6 Å². The van der Waals surface area contributed by atoms with Crippen molar-refractivity contribution in [1.29, 1.82) is 0 Å². The Labute approximate surface area is 165 Å². The number of benzene rings is 1. The molecule has 8 heteroatoms. The Kier molecular flexibility index (Phi) is 6.61. The summed E-state index contributed by atoms with van der Waals surface area (Å²) in [6, 6.07) is 5.33. The molecule has 28 heavy (non-hydrogen) atoms. The van der Waals surface area contributed by atoms with E-state index in [0.29, 0.717) is 24.6 Å². The number of urea groups is 1. The minimum absolute atomic E-state index is 0.0512. The summed E-state index contributed by atoms with van der Waals surface area (Å²) in [4.78, 5) is 28.1. The van der Waals surface area contributed by atoms with Gasteiger partial charge >= 0.3 is 6.03 Å². The van der Waals surface area contributed by atoms with Crippen molar-refractivity contribution in [3.05, 3.63) is 18.2 Å². The van der Waals surface area contributed by atoms with Crippen molar-refractivity contribution in [2.45, 2.75) is 32.3 Å². The molecule has 1 aromatic carbocycles. The number of hydrogen-bond donors (Lipinski definition) is 2. The number of piperidine rings is 1. The summed E-state index contributed by atoms with van der Waals surface area (Å²) >= 11 is 0. The van der Waals surface area contributed by atoms with Crippen LogP contribution in [0.2, 0.25) is 0 Å². The number of nitrogens with zero attached hydrogens (tertiary/aromatic N) is 2. The lowest BCUT2D eigenvalue weighted by Gasteiger charge is -2.34. The summed E-state index contributed by atoms with van der Waals surface area (Å²) < 4.78 is 11.1. The van der Waals surface area contributed by atoms with Crippen molar-refractivity contribution in [2.75, 3.05) is 44.7 Å². The van der Waals surface area contributed by atoms with Gasteiger partial charge < -0.3 is 25.4 Å². The number of likely N-dealkylation sites (tertiary alicyclic amines) is 1. The van der Waals surface area contributed by atoms with Gasteiger partial charge in [-0.1, -0.05) is 0 Å². The van der Waals surface area contributed by atoms with Crippen LogP contribution in [0.5, 0.6) is 11.5 Å². The molecular formula is C20H30N4O4. The highest BCUT2D eigenvalue weighted by molar-refractivity contribution is 5.94. The highest BCUT2D eigenvalue weighted by atomic mass is 16.5. The Morgan fingerprint density at radius 2 is 2.18 bits per heavy atom. The first kappa shape index (κ1) is 20.3. The topological polar surface area (TPSA) is 97.1 Å². The van der Waals surface area contributed by atoms with Crippen LogP contribution in [0, 0.1) is 5.92 Å². The van der Waals surface area contributed by atoms with E-state index in [4.69, 9.17) is 15.2 Å². The Balaban J connectivity index is 1.51. The first-order chi connectivity index (χ1) is 13.5. The average molecular weight is 390 g/mol. The number of ether oxygens (including phenoxy) is 2. The van der Waals surface area contributed by atoms with Gasteiger partial charge in [0.05, 0.1) is 25.3 Å². The van der Waals surface area contributed by atoms with E-state index in [-0.39, 0.29) is 24.0 Å². The third-order valence-electron chi connectivity index (χ3n) is 5.31. The molecule has 8 nitrogen and oxygen atoms in total. The molecule has 2 heterocycles. The fraction of sp³-hybridized carbons (Fsp3) is 0.600. The lowest BCUT2D eigenvalue weighted by Crippen LogP contribution is -2.48. The Hall–Kier alpha value is -2.48. The highest BCUT2D eigenvalue weighted by Crippen LogP contribution is 2.36. The highest BCUT2D eigenvalue weighted by Gasteiger charge is 2.28. The van der Waals surface area contributed by atoms with Gasteiger partial charge in [-0.2, -0.15) is 0 Å². The summed E-state index contributed by atoms with van der Waals surface area (Å²) in [6.07, 6.45) is 2.61. The largest absolute Gasteiger partial charge is 0.497 e. The van der Waals surface area contributed by atoms with Crippen LogP contribution in [0.15, 0.2) is 18.2 Å². The minimum atomic E-state index is -0.214. The van der Waals surface area contributed by atoms with Gasteiger partial charge in [0.25, 0.3) is 0 Å². The van der Waals surface area contributed by atoms with E-state index in [1.54, 1.807) is 12.0 Å². The van der Waals surface area contributed by atoms with E-state index in [1.807, 2.05) is 25.1 Å². The number of fused-ring (bicyclic) bond motifs is 1. The number of hydrogen-bond acceptors (Lipinski definition) is 5. The van der Waals surface area contributed by atoms with Crippen LogP contribution in [-0.2, 0) is 4.79 Å². The van der Waals surface area contributed by atoms with Gasteiger partial charge in [-0.3, -0.25) is 9.69 Å². The second-order valence-electron chi connectivity index (χ2n) is 7.50. The normalized spacial score (nSPS) is 22.1. The van der Waals surface area contributed by atoms with Gasteiger partial charge in [-0.15, -0.1) is 0 Å². The van der Waals surface area contributed by atoms with E-state index < -0.39 is 0 Å². The number of nitrogens with one attached hydrogen (secondary N) is 1. The maximum atomic E-state index is 12.7. The Morgan fingerprint density at radius 3 is 2.93 bits per heavy atom. The van der Waals surface area contributed by atoms with Gasteiger partial charge in [-0.25, -0.2) is 4.79 Å². The predicted molar refractivity (Wildman–Crippen MR) is 107 cm³/mol. The molecule has 3 N–H and O–H groups in total. The monoisotopic (exact) mass is 390 g/mol. The van der Waals surface area contributed by atoms with Crippen LogP contribution < -0.4 is 25.4 Å². The first-order valence-corrected chi connectivity index (χ1v) is 9.89. The predicted octanol–water partition coefficient (Wildman–Crippen LogP) is 1.58. The number of carbonyl (C=O) groups excluding carboxylic acids is 2. The van der Waals surface area contributed by atoms with Crippen LogP contribution >= 0.6 is 0 Å². The zero-order valence-electron chi connectivity index (χ0n) is 16.6. The minimum Gasteiger partial charge on any atom is -0.497 e. The van der Waals surface area contributed by atoms with E-state index in [1.165, 1.54) is 0 Å². The zero-order valence-corrected chi connectivity index (χ0v) is 16.6. The van der Waals surface area contributed by atoms with Gasteiger partial charge in [0.2, 0.25) is 5.91 Å².